The van der Waals surface area contributed by atoms with E-state index in [9.17, 15) is 22.7 Å². The van der Waals surface area contributed by atoms with E-state index in [0.29, 0.717) is 0 Å². The van der Waals surface area contributed by atoms with Gasteiger partial charge in [0, 0.05) is 6.04 Å². The zero-order chi connectivity index (χ0) is 15.2. The molecule has 0 heterocycles. The molecule has 7 heteroatoms. The summed E-state index contributed by atoms with van der Waals surface area (Å²) in [5, 5.41) is 9.32. The third kappa shape index (κ3) is 2.55. The average molecular weight is 313 g/mol. The maximum absolute atomic E-state index is 13.2. The predicted molar refractivity (Wildman–Crippen MR) is 72.5 cm³/mol. The number of hydrogen-bond donors (Lipinski definition) is 2. The summed E-state index contributed by atoms with van der Waals surface area (Å²) in [6.07, 6.45) is 2.41. The van der Waals surface area contributed by atoms with Crippen molar-refractivity contribution in [3.05, 3.63) is 30.1 Å². The van der Waals surface area contributed by atoms with Crippen LogP contribution in [-0.2, 0) is 14.8 Å². The normalized spacial score (nSPS) is 31.5. The van der Waals surface area contributed by atoms with E-state index in [-0.39, 0.29) is 16.7 Å². The van der Waals surface area contributed by atoms with Crippen LogP contribution in [0.1, 0.15) is 19.3 Å². The Hall–Kier alpha value is -1.47. The van der Waals surface area contributed by atoms with Crippen molar-refractivity contribution in [2.24, 2.45) is 17.8 Å². The molecule has 2 saturated carbocycles. The van der Waals surface area contributed by atoms with E-state index in [0.717, 1.165) is 31.4 Å². The highest BCUT2D eigenvalue weighted by Crippen LogP contribution is 2.48. The number of sulfonamides is 1. The Kier molecular flexibility index (Phi) is 3.49. The van der Waals surface area contributed by atoms with E-state index < -0.39 is 33.8 Å². The molecule has 1 aromatic rings. The van der Waals surface area contributed by atoms with Gasteiger partial charge in [-0.05, 0) is 49.3 Å². The number of rotatable bonds is 4. The van der Waals surface area contributed by atoms with Crippen LogP contribution in [-0.4, -0.2) is 25.5 Å². The summed E-state index contributed by atoms with van der Waals surface area (Å²) in [5.74, 6) is -2.20. The smallest absolute Gasteiger partial charge is 0.308 e. The number of benzene rings is 1. The third-order valence-electron chi connectivity index (χ3n) is 4.60. The summed E-state index contributed by atoms with van der Waals surface area (Å²) in [4.78, 5) is 11.2. The molecule has 0 aromatic heterocycles. The fourth-order valence-corrected chi connectivity index (χ4v) is 5.06. The lowest BCUT2D eigenvalue weighted by Crippen LogP contribution is -2.46. The molecule has 2 fully saturated rings. The fourth-order valence-electron chi connectivity index (χ4n) is 3.70. The fraction of sp³-hybridized carbons (Fsp3) is 0.500. The van der Waals surface area contributed by atoms with Gasteiger partial charge in [0.25, 0.3) is 0 Å². The van der Waals surface area contributed by atoms with Crippen LogP contribution in [0.25, 0.3) is 0 Å². The summed E-state index contributed by atoms with van der Waals surface area (Å²) in [6, 6.07) is 4.12. The van der Waals surface area contributed by atoms with Crippen LogP contribution in [0, 0.1) is 23.6 Å². The number of aliphatic carboxylic acids is 1. The second-order valence-electron chi connectivity index (χ2n) is 5.80. The largest absolute Gasteiger partial charge is 0.481 e. The second kappa shape index (κ2) is 5.06. The molecular formula is C14H16FNO4S. The molecule has 0 radical (unpaired) electrons. The van der Waals surface area contributed by atoms with Crippen LogP contribution >= 0.6 is 0 Å². The molecule has 1 aromatic carbocycles. The molecule has 2 N–H and O–H groups in total. The van der Waals surface area contributed by atoms with Crippen LogP contribution < -0.4 is 4.72 Å². The van der Waals surface area contributed by atoms with Crippen LogP contribution in [0.15, 0.2) is 29.2 Å². The second-order valence-corrected chi connectivity index (χ2v) is 7.52. The number of nitrogens with one attached hydrogen (secondary N) is 1. The Morgan fingerprint density at radius 2 is 2.00 bits per heavy atom. The Bertz CT molecular complexity index is 675. The summed E-state index contributed by atoms with van der Waals surface area (Å²) in [6.45, 7) is 0. The third-order valence-corrected chi connectivity index (χ3v) is 6.06. The molecule has 2 bridgehead atoms. The molecule has 2 aliphatic rings. The monoisotopic (exact) mass is 313 g/mol. The molecule has 0 aliphatic heterocycles. The van der Waals surface area contributed by atoms with Crippen molar-refractivity contribution in [3.8, 4) is 0 Å². The number of halogens is 1. The topological polar surface area (TPSA) is 83.5 Å². The SMILES string of the molecule is O=C(O)C1C2CCC(C2)C1NS(=O)(=O)c1cccc(F)c1. The van der Waals surface area contributed by atoms with Crippen molar-refractivity contribution >= 4 is 16.0 Å². The Labute approximate surface area is 122 Å². The number of carbonyl (C=O) groups is 1. The number of carboxylic acids is 1. The first kappa shape index (κ1) is 14.5. The van der Waals surface area contributed by atoms with Gasteiger partial charge >= 0.3 is 5.97 Å². The van der Waals surface area contributed by atoms with E-state index in [2.05, 4.69) is 4.72 Å². The standard InChI is InChI=1S/C14H16FNO4S/c15-10-2-1-3-11(7-10)21(19,20)16-13-9-5-4-8(6-9)12(13)14(17)18/h1-3,7-9,12-13,16H,4-6H2,(H,17,18). The quantitative estimate of drug-likeness (QED) is 0.884. The molecule has 0 saturated heterocycles. The van der Waals surface area contributed by atoms with E-state index in [4.69, 9.17) is 0 Å². The summed E-state index contributed by atoms with van der Waals surface area (Å²) in [7, 11) is -3.91. The molecule has 2 aliphatic carbocycles. The van der Waals surface area contributed by atoms with Gasteiger partial charge in [0.05, 0.1) is 10.8 Å². The summed E-state index contributed by atoms with van der Waals surface area (Å²) >= 11 is 0. The number of carboxylic acid groups (broad SMARTS) is 1. The van der Waals surface area contributed by atoms with Crippen LogP contribution in [0.3, 0.4) is 0 Å². The van der Waals surface area contributed by atoms with Crippen LogP contribution in [0.5, 0.6) is 0 Å². The molecule has 114 valence electrons. The minimum absolute atomic E-state index is 0.0349. The van der Waals surface area contributed by atoms with Gasteiger partial charge in [0.15, 0.2) is 0 Å². The maximum atomic E-state index is 13.2. The summed E-state index contributed by atoms with van der Waals surface area (Å²) in [5.41, 5.74) is 0. The highest BCUT2D eigenvalue weighted by molar-refractivity contribution is 7.89. The Morgan fingerprint density at radius 1 is 1.29 bits per heavy atom. The van der Waals surface area contributed by atoms with Gasteiger partial charge in [0.1, 0.15) is 5.82 Å². The molecule has 21 heavy (non-hydrogen) atoms. The molecule has 0 amide bonds. The van der Waals surface area contributed by atoms with E-state index in [1.807, 2.05) is 0 Å². The average Bonchev–Trinajstić information content (AvgIpc) is 2.98. The lowest BCUT2D eigenvalue weighted by atomic mass is 9.85. The Balaban J connectivity index is 1.87. The Morgan fingerprint density at radius 3 is 2.67 bits per heavy atom. The van der Waals surface area contributed by atoms with Crippen LogP contribution in [0.2, 0.25) is 0 Å². The van der Waals surface area contributed by atoms with Crippen molar-refractivity contribution in [1.82, 2.24) is 4.72 Å². The van der Waals surface area contributed by atoms with Gasteiger partial charge in [-0.15, -0.1) is 0 Å². The zero-order valence-electron chi connectivity index (χ0n) is 11.2. The van der Waals surface area contributed by atoms with E-state index >= 15 is 0 Å². The van der Waals surface area contributed by atoms with Crippen molar-refractivity contribution in [1.29, 1.82) is 0 Å². The van der Waals surface area contributed by atoms with Crippen LogP contribution in [0.4, 0.5) is 4.39 Å². The molecule has 4 atom stereocenters. The first-order valence-corrected chi connectivity index (χ1v) is 8.37. The minimum Gasteiger partial charge on any atom is -0.481 e. The van der Waals surface area contributed by atoms with Crippen molar-refractivity contribution < 1.29 is 22.7 Å². The zero-order valence-corrected chi connectivity index (χ0v) is 12.0. The predicted octanol–water partition coefficient (Wildman–Crippen LogP) is 1.60. The summed E-state index contributed by atoms with van der Waals surface area (Å²) < 4.78 is 40.3. The lowest BCUT2D eigenvalue weighted by Gasteiger charge is -2.28. The van der Waals surface area contributed by atoms with Gasteiger partial charge in [0.2, 0.25) is 10.0 Å². The van der Waals surface area contributed by atoms with Gasteiger partial charge in [-0.2, -0.15) is 0 Å². The van der Waals surface area contributed by atoms with Crippen molar-refractivity contribution in [3.63, 3.8) is 0 Å². The molecule has 5 nitrogen and oxygen atoms in total. The highest BCUT2D eigenvalue weighted by Gasteiger charge is 2.52. The maximum Gasteiger partial charge on any atom is 0.308 e. The van der Waals surface area contributed by atoms with Crippen molar-refractivity contribution in [2.45, 2.75) is 30.2 Å². The van der Waals surface area contributed by atoms with Gasteiger partial charge in [-0.25, -0.2) is 17.5 Å². The molecular weight excluding hydrogens is 297 g/mol. The van der Waals surface area contributed by atoms with Gasteiger partial charge in [-0.3, -0.25) is 4.79 Å². The van der Waals surface area contributed by atoms with Gasteiger partial charge < -0.3 is 5.11 Å². The van der Waals surface area contributed by atoms with E-state index in [1.54, 1.807) is 0 Å². The number of fused-ring (bicyclic) bond motifs is 2. The van der Waals surface area contributed by atoms with E-state index in [1.165, 1.54) is 12.1 Å². The lowest BCUT2D eigenvalue weighted by molar-refractivity contribution is -0.144. The minimum atomic E-state index is -3.91. The van der Waals surface area contributed by atoms with Crippen molar-refractivity contribution in [2.75, 3.05) is 0 Å². The molecule has 4 unspecified atom stereocenters. The first-order valence-electron chi connectivity index (χ1n) is 6.89. The number of hydrogen-bond acceptors (Lipinski definition) is 3. The van der Waals surface area contributed by atoms with Gasteiger partial charge in [-0.1, -0.05) is 6.07 Å². The first-order chi connectivity index (χ1) is 9.88. The molecule has 0 spiro atoms. The molecule has 3 rings (SSSR count). The highest BCUT2D eigenvalue weighted by atomic mass is 32.2.